The van der Waals surface area contributed by atoms with Crippen molar-refractivity contribution in [3.05, 3.63) is 33.8 Å². The molecule has 0 N–H and O–H groups in total. The highest BCUT2D eigenvalue weighted by Crippen LogP contribution is 2.19. The Kier molecular flexibility index (Phi) is 2.54. The van der Waals surface area contributed by atoms with Crippen LogP contribution in [0.4, 0.5) is 13.2 Å². The van der Waals surface area contributed by atoms with Gasteiger partial charge in [-0.15, -0.1) is 0 Å². The monoisotopic (exact) mass is 224 g/mol. The third-order valence-electron chi connectivity index (χ3n) is 1.21. The van der Waals surface area contributed by atoms with E-state index in [-0.39, 0.29) is 5.56 Å². The fourth-order valence-electron chi connectivity index (χ4n) is 0.707. The topological polar surface area (TPSA) is 0 Å². The summed E-state index contributed by atoms with van der Waals surface area (Å²) in [5.74, 6) is -2.15. The van der Waals surface area contributed by atoms with Gasteiger partial charge in [0.25, 0.3) is 0 Å². The van der Waals surface area contributed by atoms with E-state index >= 15 is 0 Å². The molecule has 0 radical (unpaired) electrons. The zero-order valence-electron chi connectivity index (χ0n) is 5.37. The SMILES string of the molecule is FCc1cc(Br)cc(F)c1F. The van der Waals surface area contributed by atoms with Crippen LogP contribution in [0.2, 0.25) is 0 Å². The Bertz CT molecular complexity index is 273. The molecule has 0 heterocycles. The van der Waals surface area contributed by atoms with Gasteiger partial charge in [0, 0.05) is 10.0 Å². The molecule has 0 saturated heterocycles. The maximum Gasteiger partial charge on any atom is 0.164 e. The largest absolute Gasteiger partial charge is 0.246 e. The number of rotatable bonds is 1. The van der Waals surface area contributed by atoms with Crippen LogP contribution in [-0.2, 0) is 6.67 Å². The molecule has 4 heteroatoms. The first-order chi connectivity index (χ1) is 5.15. The van der Waals surface area contributed by atoms with Crippen molar-refractivity contribution in [2.45, 2.75) is 6.67 Å². The van der Waals surface area contributed by atoms with Gasteiger partial charge >= 0.3 is 0 Å². The molecule has 0 bridgehead atoms. The highest BCUT2D eigenvalue weighted by atomic mass is 79.9. The van der Waals surface area contributed by atoms with Crippen molar-refractivity contribution < 1.29 is 13.2 Å². The molecular formula is C7H4BrF3. The van der Waals surface area contributed by atoms with Gasteiger partial charge in [-0.1, -0.05) is 15.9 Å². The van der Waals surface area contributed by atoms with Crippen molar-refractivity contribution >= 4 is 15.9 Å². The number of hydrogen-bond donors (Lipinski definition) is 0. The first kappa shape index (κ1) is 8.59. The summed E-state index contributed by atoms with van der Waals surface area (Å²) in [5, 5.41) is 0. The summed E-state index contributed by atoms with van der Waals surface area (Å²) in [6.07, 6.45) is 0. The maximum absolute atomic E-state index is 12.5. The lowest BCUT2D eigenvalue weighted by atomic mass is 10.2. The summed E-state index contributed by atoms with van der Waals surface area (Å²) >= 11 is 2.91. The Morgan fingerprint density at radius 2 is 1.91 bits per heavy atom. The van der Waals surface area contributed by atoms with Gasteiger partial charge in [-0.05, 0) is 12.1 Å². The molecule has 60 valence electrons. The van der Waals surface area contributed by atoms with Crippen molar-refractivity contribution in [1.82, 2.24) is 0 Å². The summed E-state index contributed by atoms with van der Waals surface area (Å²) in [6.45, 7) is -0.998. The van der Waals surface area contributed by atoms with E-state index in [0.717, 1.165) is 6.07 Å². The van der Waals surface area contributed by atoms with Crippen LogP contribution in [0.25, 0.3) is 0 Å². The second-order valence-electron chi connectivity index (χ2n) is 1.99. The Morgan fingerprint density at radius 3 is 2.45 bits per heavy atom. The van der Waals surface area contributed by atoms with Crippen LogP contribution in [0.5, 0.6) is 0 Å². The van der Waals surface area contributed by atoms with E-state index in [0.29, 0.717) is 4.47 Å². The molecule has 0 aromatic heterocycles. The van der Waals surface area contributed by atoms with Gasteiger partial charge in [-0.3, -0.25) is 0 Å². The van der Waals surface area contributed by atoms with Crippen molar-refractivity contribution in [1.29, 1.82) is 0 Å². The molecule has 11 heavy (non-hydrogen) atoms. The van der Waals surface area contributed by atoms with Crippen LogP contribution >= 0.6 is 15.9 Å². The smallest absolute Gasteiger partial charge is 0.164 e. The lowest BCUT2D eigenvalue weighted by Gasteiger charge is -1.99. The average molecular weight is 225 g/mol. The van der Waals surface area contributed by atoms with Crippen LogP contribution in [0.3, 0.4) is 0 Å². The summed E-state index contributed by atoms with van der Waals surface area (Å²) in [5.41, 5.74) is -0.267. The molecule has 0 fully saturated rings. The molecule has 0 saturated carbocycles. The number of benzene rings is 1. The molecule has 1 aromatic rings. The molecule has 1 rings (SSSR count). The fourth-order valence-corrected chi connectivity index (χ4v) is 1.18. The standard InChI is InChI=1S/C7H4BrF3/c8-5-1-4(3-9)7(11)6(10)2-5/h1-2H,3H2. The van der Waals surface area contributed by atoms with Crippen molar-refractivity contribution in [3.63, 3.8) is 0 Å². The van der Waals surface area contributed by atoms with Crippen molar-refractivity contribution in [2.75, 3.05) is 0 Å². The van der Waals surface area contributed by atoms with Gasteiger partial charge in [-0.2, -0.15) is 0 Å². The van der Waals surface area contributed by atoms with Crippen LogP contribution in [0, 0.1) is 11.6 Å². The van der Waals surface area contributed by atoms with E-state index in [1.54, 1.807) is 0 Å². The molecule has 0 aliphatic heterocycles. The van der Waals surface area contributed by atoms with E-state index in [9.17, 15) is 13.2 Å². The molecule has 0 unspecified atom stereocenters. The molecule has 1 aromatic carbocycles. The summed E-state index contributed by atoms with van der Waals surface area (Å²) in [7, 11) is 0. The maximum atomic E-state index is 12.5. The Morgan fingerprint density at radius 1 is 1.27 bits per heavy atom. The third kappa shape index (κ3) is 1.74. The number of hydrogen-bond acceptors (Lipinski definition) is 0. The van der Waals surface area contributed by atoms with Gasteiger partial charge in [0.05, 0.1) is 0 Å². The third-order valence-corrected chi connectivity index (χ3v) is 1.67. The molecule has 0 aliphatic rings. The molecule has 0 amide bonds. The van der Waals surface area contributed by atoms with Crippen LogP contribution in [0.15, 0.2) is 16.6 Å². The first-order valence-corrected chi connectivity index (χ1v) is 3.64. The Labute approximate surface area is 70.2 Å². The molecule has 0 nitrogen and oxygen atoms in total. The van der Waals surface area contributed by atoms with Crippen LogP contribution < -0.4 is 0 Å². The van der Waals surface area contributed by atoms with E-state index in [4.69, 9.17) is 0 Å². The summed E-state index contributed by atoms with van der Waals surface area (Å²) < 4.78 is 37.3. The van der Waals surface area contributed by atoms with Crippen molar-refractivity contribution in [2.24, 2.45) is 0 Å². The fraction of sp³-hybridized carbons (Fsp3) is 0.143. The highest BCUT2D eigenvalue weighted by Gasteiger charge is 2.08. The van der Waals surface area contributed by atoms with E-state index in [1.807, 2.05) is 0 Å². The predicted molar refractivity (Wildman–Crippen MR) is 38.9 cm³/mol. The van der Waals surface area contributed by atoms with E-state index in [2.05, 4.69) is 15.9 Å². The minimum Gasteiger partial charge on any atom is -0.246 e. The highest BCUT2D eigenvalue weighted by molar-refractivity contribution is 9.10. The number of halogens is 4. The number of alkyl halides is 1. The first-order valence-electron chi connectivity index (χ1n) is 2.84. The molecule has 0 spiro atoms. The normalized spacial score (nSPS) is 10.2. The molecule has 0 atom stereocenters. The summed E-state index contributed by atoms with van der Waals surface area (Å²) in [6, 6.07) is 2.16. The Hall–Kier alpha value is -0.510. The molecular weight excluding hydrogens is 221 g/mol. The summed E-state index contributed by atoms with van der Waals surface area (Å²) in [4.78, 5) is 0. The van der Waals surface area contributed by atoms with Crippen LogP contribution in [-0.4, -0.2) is 0 Å². The predicted octanol–water partition coefficient (Wildman–Crippen LogP) is 3.20. The van der Waals surface area contributed by atoms with E-state index < -0.39 is 18.3 Å². The van der Waals surface area contributed by atoms with Crippen molar-refractivity contribution in [3.8, 4) is 0 Å². The van der Waals surface area contributed by atoms with Gasteiger partial charge in [0.2, 0.25) is 0 Å². The average Bonchev–Trinajstić information content (AvgIpc) is 1.96. The van der Waals surface area contributed by atoms with Gasteiger partial charge < -0.3 is 0 Å². The van der Waals surface area contributed by atoms with Gasteiger partial charge in [0.1, 0.15) is 6.67 Å². The minimum atomic E-state index is -1.12. The van der Waals surface area contributed by atoms with Gasteiger partial charge in [0.15, 0.2) is 11.6 Å². The Balaban J connectivity index is 3.24. The quantitative estimate of drug-likeness (QED) is 0.643. The zero-order chi connectivity index (χ0) is 8.43. The van der Waals surface area contributed by atoms with E-state index in [1.165, 1.54) is 6.07 Å². The lowest BCUT2D eigenvalue weighted by Crippen LogP contribution is -1.91. The second kappa shape index (κ2) is 3.26. The molecule has 0 aliphatic carbocycles. The zero-order valence-corrected chi connectivity index (χ0v) is 6.96. The lowest BCUT2D eigenvalue weighted by molar-refractivity contribution is 0.440. The van der Waals surface area contributed by atoms with Gasteiger partial charge in [-0.25, -0.2) is 13.2 Å². The second-order valence-corrected chi connectivity index (χ2v) is 2.91. The minimum absolute atomic E-state index is 0.267. The van der Waals surface area contributed by atoms with Crippen LogP contribution in [0.1, 0.15) is 5.56 Å².